The molecule has 0 aromatic carbocycles. The van der Waals surface area contributed by atoms with E-state index >= 15 is 0 Å². The summed E-state index contributed by atoms with van der Waals surface area (Å²) in [6.07, 6.45) is 0.795. The molecule has 0 radical (unpaired) electrons. The Labute approximate surface area is 49.1 Å². The Hall–Kier alpha value is -0.120. The summed E-state index contributed by atoms with van der Waals surface area (Å²) in [5.74, 6) is 5.38. The van der Waals surface area contributed by atoms with Gasteiger partial charge in [0, 0.05) is 13.1 Å². The quantitative estimate of drug-likeness (QED) is 0.412. The summed E-state index contributed by atoms with van der Waals surface area (Å²) < 4.78 is 0. The van der Waals surface area contributed by atoms with Gasteiger partial charge in [0.25, 0.3) is 0 Å². The summed E-state index contributed by atoms with van der Waals surface area (Å²) >= 11 is 0. The number of nitrogens with two attached hydrogens (primary N) is 1. The van der Waals surface area contributed by atoms with E-state index in [-0.39, 0.29) is 0 Å². The summed E-state index contributed by atoms with van der Waals surface area (Å²) in [7, 11) is 0. The average molecular weight is 116 g/mol. The standard InChI is InChI=1S/C5H12N2O/c1-5(8)2-3-7(6)4-5/h8H,2-4,6H2,1H3. The topological polar surface area (TPSA) is 49.5 Å². The van der Waals surface area contributed by atoms with Crippen LogP contribution in [0.15, 0.2) is 0 Å². The lowest BCUT2D eigenvalue weighted by Crippen LogP contribution is -2.33. The van der Waals surface area contributed by atoms with Gasteiger partial charge in [-0.3, -0.25) is 5.84 Å². The maximum Gasteiger partial charge on any atom is 0.0772 e. The highest BCUT2D eigenvalue weighted by Crippen LogP contribution is 2.16. The van der Waals surface area contributed by atoms with Crippen molar-refractivity contribution in [1.29, 1.82) is 0 Å². The predicted molar refractivity (Wildman–Crippen MR) is 31.0 cm³/mol. The summed E-state index contributed by atoms with van der Waals surface area (Å²) in [4.78, 5) is 0. The van der Waals surface area contributed by atoms with Crippen molar-refractivity contribution in [3.05, 3.63) is 0 Å². The Kier molecular flexibility index (Phi) is 1.27. The Morgan fingerprint density at radius 2 is 2.38 bits per heavy atom. The van der Waals surface area contributed by atoms with Crippen molar-refractivity contribution in [2.45, 2.75) is 18.9 Å². The average Bonchev–Trinajstić information content (AvgIpc) is 1.82. The largest absolute Gasteiger partial charge is 0.389 e. The first-order valence-electron chi connectivity index (χ1n) is 2.82. The van der Waals surface area contributed by atoms with E-state index < -0.39 is 5.60 Å². The van der Waals surface area contributed by atoms with Crippen molar-refractivity contribution in [1.82, 2.24) is 5.01 Å². The third-order valence-electron chi connectivity index (χ3n) is 1.48. The van der Waals surface area contributed by atoms with Crippen molar-refractivity contribution < 1.29 is 5.11 Å². The molecule has 0 bridgehead atoms. The highest BCUT2D eigenvalue weighted by molar-refractivity contribution is 4.82. The van der Waals surface area contributed by atoms with Crippen molar-refractivity contribution in [2.24, 2.45) is 5.84 Å². The van der Waals surface area contributed by atoms with Gasteiger partial charge in [0.2, 0.25) is 0 Å². The predicted octanol–water partition coefficient (Wildman–Crippen LogP) is -0.683. The molecule has 48 valence electrons. The molecule has 0 spiro atoms. The van der Waals surface area contributed by atoms with Gasteiger partial charge in [-0.1, -0.05) is 0 Å². The Morgan fingerprint density at radius 3 is 2.50 bits per heavy atom. The fraction of sp³-hybridized carbons (Fsp3) is 1.00. The monoisotopic (exact) mass is 116 g/mol. The van der Waals surface area contributed by atoms with E-state index in [9.17, 15) is 5.11 Å². The molecule has 0 aromatic heterocycles. The van der Waals surface area contributed by atoms with Crippen LogP contribution in [0.4, 0.5) is 0 Å². The SMILES string of the molecule is CC1(O)CCN(N)C1. The highest BCUT2D eigenvalue weighted by Gasteiger charge is 2.29. The van der Waals surface area contributed by atoms with Crippen molar-refractivity contribution in [2.75, 3.05) is 13.1 Å². The van der Waals surface area contributed by atoms with Crippen LogP contribution in [0.25, 0.3) is 0 Å². The third-order valence-corrected chi connectivity index (χ3v) is 1.48. The molecule has 0 saturated carbocycles. The van der Waals surface area contributed by atoms with Crippen molar-refractivity contribution in [3.8, 4) is 0 Å². The van der Waals surface area contributed by atoms with Crippen LogP contribution < -0.4 is 5.84 Å². The van der Waals surface area contributed by atoms with E-state index in [1.807, 2.05) is 0 Å². The molecule has 1 unspecified atom stereocenters. The normalized spacial score (nSPS) is 40.9. The van der Waals surface area contributed by atoms with Gasteiger partial charge in [0.15, 0.2) is 0 Å². The van der Waals surface area contributed by atoms with Gasteiger partial charge >= 0.3 is 0 Å². The molecule has 8 heavy (non-hydrogen) atoms. The van der Waals surface area contributed by atoms with Crippen LogP contribution in [-0.2, 0) is 0 Å². The second kappa shape index (κ2) is 1.69. The third kappa shape index (κ3) is 1.18. The number of hydrazine groups is 1. The summed E-state index contributed by atoms with van der Waals surface area (Å²) in [6, 6.07) is 0. The number of nitrogens with zero attached hydrogens (tertiary/aromatic N) is 1. The Balaban J connectivity index is 2.44. The molecule has 1 saturated heterocycles. The minimum Gasteiger partial charge on any atom is -0.389 e. The van der Waals surface area contributed by atoms with E-state index in [1.165, 1.54) is 0 Å². The zero-order valence-electron chi connectivity index (χ0n) is 5.09. The Bertz CT molecular complexity index is 92.4. The molecule has 1 atom stereocenters. The van der Waals surface area contributed by atoms with Crippen LogP contribution in [0.5, 0.6) is 0 Å². The van der Waals surface area contributed by atoms with E-state index in [0.29, 0.717) is 6.54 Å². The smallest absolute Gasteiger partial charge is 0.0772 e. The second-order valence-electron chi connectivity index (χ2n) is 2.72. The van der Waals surface area contributed by atoms with Gasteiger partial charge < -0.3 is 5.11 Å². The van der Waals surface area contributed by atoms with Gasteiger partial charge in [0.05, 0.1) is 5.60 Å². The van der Waals surface area contributed by atoms with E-state index in [2.05, 4.69) is 0 Å². The molecular weight excluding hydrogens is 104 g/mol. The number of β-amino-alcohol motifs (C(OH)–C–C–N with tert-alkyl or cyclic N) is 1. The maximum absolute atomic E-state index is 9.24. The lowest BCUT2D eigenvalue weighted by molar-refractivity contribution is 0.0689. The zero-order valence-corrected chi connectivity index (χ0v) is 5.09. The summed E-state index contributed by atoms with van der Waals surface area (Å²) in [5.41, 5.74) is -0.533. The molecule has 0 aliphatic carbocycles. The van der Waals surface area contributed by atoms with Gasteiger partial charge in [-0.05, 0) is 13.3 Å². The van der Waals surface area contributed by atoms with Gasteiger partial charge in [-0.2, -0.15) is 0 Å². The molecule has 0 amide bonds. The molecule has 3 nitrogen and oxygen atoms in total. The highest BCUT2D eigenvalue weighted by atomic mass is 16.3. The number of aliphatic hydroxyl groups is 1. The van der Waals surface area contributed by atoms with Crippen LogP contribution in [0, 0.1) is 0 Å². The van der Waals surface area contributed by atoms with Crippen LogP contribution in [-0.4, -0.2) is 28.8 Å². The molecule has 3 heteroatoms. The molecule has 0 aromatic rings. The summed E-state index contributed by atoms with van der Waals surface area (Å²) in [5, 5.41) is 10.9. The molecule has 1 aliphatic rings. The second-order valence-corrected chi connectivity index (χ2v) is 2.72. The van der Waals surface area contributed by atoms with Crippen molar-refractivity contribution >= 4 is 0 Å². The first-order valence-corrected chi connectivity index (χ1v) is 2.82. The fourth-order valence-corrected chi connectivity index (χ4v) is 0.980. The van der Waals surface area contributed by atoms with Crippen LogP contribution in [0.2, 0.25) is 0 Å². The van der Waals surface area contributed by atoms with E-state index in [1.54, 1.807) is 11.9 Å². The van der Waals surface area contributed by atoms with Crippen molar-refractivity contribution in [3.63, 3.8) is 0 Å². The first-order chi connectivity index (χ1) is 3.60. The summed E-state index contributed by atoms with van der Waals surface area (Å²) in [6.45, 7) is 3.22. The molecule has 1 rings (SSSR count). The van der Waals surface area contributed by atoms with Crippen LogP contribution >= 0.6 is 0 Å². The molecule has 1 aliphatic heterocycles. The van der Waals surface area contributed by atoms with Crippen LogP contribution in [0.3, 0.4) is 0 Å². The fourth-order valence-electron chi connectivity index (χ4n) is 0.980. The number of rotatable bonds is 0. The van der Waals surface area contributed by atoms with E-state index in [4.69, 9.17) is 5.84 Å². The lowest BCUT2D eigenvalue weighted by Gasteiger charge is -2.14. The minimum atomic E-state index is -0.533. The van der Waals surface area contributed by atoms with Gasteiger partial charge in [0.1, 0.15) is 0 Å². The minimum absolute atomic E-state index is 0.533. The van der Waals surface area contributed by atoms with Gasteiger partial charge in [-0.25, -0.2) is 5.01 Å². The first kappa shape index (κ1) is 6.01. The lowest BCUT2D eigenvalue weighted by atomic mass is 10.1. The molecule has 1 heterocycles. The number of hydrogen-bond acceptors (Lipinski definition) is 3. The van der Waals surface area contributed by atoms with E-state index in [0.717, 1.165) is 13.0 Å². The molecule has 1 fully saturated rings. The van der Waals surface area contributed by atoms with Gasteiger partial charge in [-0.15, -0.1) is 0 Å². The molecular formula is C5H12N2O. The number of hydrogen-bond donors (Lipinski definition) is 2. The maximum atomic E-state index is 9.24. The zero-order chi connectivity index (χ0) is 6.20. The van der Waals surface area contributed by atoms with Crippen LogP contribution in [0.1, 0.15) is 13.3 Å². The molecule has 3 N–H and O–H groups in total. The Morgan fingerprint density at radius 1 is 1.75 bits per heavy atom.